The minimum Gasteiger partial charge on any atom is -0.480 e. The number of hydrogen-bond donors (Lipinski definition) is 2. The number of benzene rings is 1. The molecular weight excluding hydrogens is 416 g/mol. The zero-order valence-corrected chi connectivity index (χ0v) is 19.4. The van der Waals surface area contributed by atoms with Crippen LogP contribution in [0, 0.1) is 11.3 Å². The number of nitriles is 1. The fraction of sp³-hybridized carbons (Fsp3) is 0.500. The van der Waals surface area contributed by atoms with E-state index in [4.69, 9.17) is 15.0 Å². The van der Waals surface area contributed by atoms with E-state index in [9.17, 15) is 9.90 Å². The van der Waals surface area contributed by atoms with Crippen LogP contribution in [0.3, 0.4) is 0 Å². The highest BCUT2D eigenvalue weighted by Gasteiger charge is 2.33. The van der Waals surface area contributed by atoms with Crippen molar-refractivity contribution in [3.05, 3.63) is 59.4 Å². The van der Waals surface area contributed by atoms with Gasteiger partial charge >= 0.3 is 5.97 Å². The van der Waals surface area contributed by atoms with Crippen molar-refractivity contribution >= 4 is 11.7 Å². The molecule has 1 aromatic rings. The summed E-state index contributed by atoms with van der Waals surface area (Å²) in [6.45, 7) is 8.92. The average Bonchev–Trinajstić information content (AvgIpc) is 3.27. The maximum atomic E-state index is 11.9. The molecule has 2 atom stereocenters. The molecule has 176 valence electrons. The number of nitrogens with one attached hydrogen (secondary N) is 1. The van der Waals surface area contributed by atoms with Gasteiger partial charge in [-0.1, -0.05) is 18.7 Å². The molecule has 33 heavy (non-hydrogen) atoms. The lowest BCUT2D eigenvalue weighted by Crippen LogP contribution is -2.33. The quantitative estimate of drug-likeness (QED) is 0.388. The maximum Gasteiger partial charge on any atom is 0.325 e. The first kappa shape index (κ1) is 24.7. The molecule has 1 unspecified atom stereocenters. The van der Waals surface area contributed by atoms with E-state index in [1.54, 1.807) is 24.3 Å². The van der Waals surface area contributed by atoms with E-state index in [-0.39, 0.29) is 6.10 Å². The Morgan fingerprint density at radius 2 is 2.21 bits per heavy atom. The highest BCUT2D eigenvalue weighted by Crippen LogP contribution is 2.27. The van der Waals surface area contributed by atoms with Crippen LogP contribution in [-0.4, -0.2) is 54.0 Å². The Morgan fingerprint density at radius 1 is 1.42 bits per heavy atom. The summed E-state index contributed by atoms with van der Waals surface area (Å²) < 4.78 is 6.05. The van der Waals surface area contributed by atoms with Gasteiger partial charge in [-0.15, -0.1) is 0 Å². The molecule has 1 aromatic carbocycles. The molecule has 0 amide bonds. The minimum absolute atomic E-state index is 0.0389. The van der Waals surface area contributed by atoms with E-state index in [1.807, 2.05) is 11.0 Å². The van der Waals surface area contributed by atoms with Crippen LogP contribution in [0.5, 0.6) is 0 Å². The summed E-state index contributed by atoms with van der Waals surface area (Å²) in [4.78, 5) is 18.6. The van der Waals surface area contributed by atoms with E-state index in [2.05, 4.69) is 24.9 Å². The van der Waals surface area contributed by atoms with Crippen molar-refractivity contribution in [2.24, 2.45) is 4.99 Å². The zero-order valence-electron chi connectivity index (χ0n) is 19.4. The van der Waals surface area contributed by atoms with Gasteiger partial charge in [0.1, 0.15) is 11.9 Å². The van der Waals surface area contributed by atoms with E-state index in [0.29, 0.717) is 30.8 Å². The molecule has 0 spiro atoms. The molecule has 0 bridgehead atoms. The number of aliphatic imine (C=N–C) groups is 1. The van der Waals surface area contributed by atoms with Crippen LogP contribution >= 0.6 is 0 Å². The number of hydrogen-bond acceptors (Lipinski definition) is 6. The normalized spacial score (nSPS) is 20.2. The van der Waals surface area contributed by atoms with Crippen LogP contribution in [0.15, 0.2) is 53.3 Å². The Labute approximate surface area is 196 Å². The first-order valence-corrected chi connectivity index (χ1v) is 11.7. The second-order valence-electron chi connectivity index (χ2n) is 8.67. The monoisotopic (exact) mass is 450 g/mol. The number of nitrogens with zero attached hydrogens (tertiary/aromatic N) is 3. The predicted molar refractivity (Wildman–Crippen MR) is 129 cm³/mol. The summed E-state index contributed by atoms with van der Waals surface area (Å²) >= 11 is 0. The number of aliphatic carboxylic acids is 1. The molecule has 2 N–H and O–H groups in total. The van der Waals surface area contributed by atoms with E-state index in [1.165, 1.54) is 5.57 Å². The standard InChI is InChI=1S/C26H34N4O3/c1-3-22(29-25-19(2)7-6-14-28-25)8-4-5-16-33-23-13-15-30(18-23)24(26(31)32)21-11-9-20(17-27)10-12-21/h3,9-12,23-24,28H,1,4-8,13-16,18H2,2H3,(H,31,32)/b29-22+/t23-,24?/m1/s1. The van der Waals surface area contributed by atoms with Crippen LogP contribution in [0.4, 0.5) is 0 Å². The van der Waals surface area contributed by atoms with Crippen molar-refractivity contribution in [2.75, 3.05) is 26.2 Å². The Morgan fingerprint density at radius 3 is 2.88 bits per heavy atom. The molecule has 7 heteroatoms. The molecule has 3 rings (SSSR count). The van der Waals surface area contributed by atoms with Gasteiger partial charge in [-0.2, -0.15) is 5.26 Å². The highest BCUT2D eigenvalue weighted by molar-refractivity contribution is 5.95. The number of rotatable bonds is 11. The van der Waals surface area contributed by atoms with Crippen LogP contribution in [-0.2, 0) is 9.53 Å². The number of carboxylic acid groups (broad SMARTS) is 1. The summed E-state index contributed by atoms with van der Waals surface area (Å²) in [5.41, 5.74) is 3.51. The number of ether oxygens (including phenoxy) is 1. The zero-order chi connectivity index (χ0) is 23.6. The number of carboxylic acids is 1. The lowest BCUT2D eigenvalue weighted by atomic mass is 10.0. The van der Waals surface area contributed by atoms with E-state index < -0.39 is 12.0 Å². The first-order valence-electron chi connectivity index (χ1n) is 11.7. The van der Waals surface area contributed by atoms with Crippen LogP contribution < -0.4 is 5.32 Å². The molecule has 0 aromatic heterocycles. The number of carbonyl (C=O) groups is 1. The van der Waals surface area contributed by atoms with Gasteiger partial charge in [0, 0.05) is 32.0 Å². The molecule has 1 saturated heterocycles. The third-order valence-corrected chi connectivity index (χ3v) is 6.23. The van der Waals surface area contributed by atoms with Gasteiger partial charge in [0.05, 0.1) is 17.7 Å². The predicted octanol–water partition coefficient (Wildman–Crippen LogP) is 4.19. The second-order valence-corrected chi connectivity index (χ2v) is 8.67. The molecule has 2 aliphatic rings. The molecule has 7 nitrogen and oxygen atoms in total. The van der Waals surface area contributed by atoms with Crippen LogP contribution in [0.1, 0.15) is 62.6 Å². The fourth-order valence-electron chi connectivity index (χ4n) is 4.34. The number of likely N-dealkylation sites (tertiary alicyclic amines) is 1. The average molecular weight is 451 g/mol. The van der Waals surface area contributed by atoms with Gasteiger partial charge in [0.15, 0.2) is 0 Å². The minimum atomic E-state index is -0.880. The lowest BCUT2D eigenvalue weighted by Gasteiger charge is -2.24. The van der Waals surface area contributed by atoms with Gasteiger partial charge < -0.3 is 15.2 Å². The van der Waals surface area contributed by atoms with E-state index >= 15 is 0 Å². The number of unbranched alkanes of at least 4 members (excludes halogenated alkanes) is 1. The van der Waals surface area contributed by atoms with E-state index in [0.717, 1.165) is 56.6 Å². The Balaban J connectivity index is 1.43. The topological polar surface area (TPSA) is 98.0 Å². The SMILES string of the molecule is C=C/C(CCCCO[C@@H]1CCN(C(C(=O)O)c2ccc(C#N)cc2)C1)=N\C1=C(C)CCCN1. The summed E-state index contributed by atoms with van der Waals surface area (Å²) in [5, 5.41) is 22.1. The van der Waals surface area contributed by atoms with Crippen LogP contribution in [0.2, 0.25) is 0 Å². The van der Waals surface area contributed by atoms with Gasteiger partial charge in [0.25, 0.3) is 0 Å². The van der Waals surface area contributed by atoms with Crippen molar-refractivity contribution in [3.63, 3.8) is 0 Å². The second kappa shape index (κ2) is 12.3. The summed E-state index contributed by atoms with van der Waals surface area (Å²) in [5.74, 6) is 0.114. The van der Waals surface area contributed by atoms with Crippen molar-refractivity contribution in [2.45, 2.75) is 57.6 Å². The van der Waals surface area contributed by atoms with Gasteiger partial charge in [-0.25, -0.2) is 4.99 Å². The number of allylic oxidation sites excluding steroid dienone is 2. The third-order valence-electron chi connectivity index (χ3n) is 6.23. The van der Waals surface area contributed by atoms with Crippen molar-refractivity contribution in [1.82, 2.24) is 10.2 Å². The smallest absolute Gasteiger partial charge is 0.325 e. The fourth-order valence-corrected chi connectivity index (χ4v) is 4.34. The molecule has 1 fully saturated rings. The highest BCUT2D eigenvalue weighted by atomic mass is 16.5. The largest absolute Gasteiger partial charge is 0.480 e. The molecule has 0 saturated carbocycles. The first-order chi connectivity index (χ1) is 16.0. The molecule has 2 heterocycles. The Bertz CT molecular complexity index is 930. The Hall–Kier alpha value is -2.95. The van der Waals surface area contributed by atoms with Gasteiger partial charge in [-0.05, 0) is 74.8 Å². The maximum absolute atomic E-state index is 11.9. The molecule has 0 aliphatic carbocycles. The third kappa shape index (κ3) is 7.01. The summed E-state index contributed by atoms with van der Waals surface area (Å²) in [7, 11) is 0. The summed E-state index contributed by atoms with van der Waals surface area (Å²) in [6.07, 6.45) is 7.70. The molecular formula is C26H34N4O3. The lowest BCUT2D eigenvalue weighted by molar-refractivity contribution is -0.143. The van der Waals surface area contributed by atoms with Crippen molar-refractivity contribution in [1.29, 1.82) is 5.26 Å². The molecule has 0 radical (unpaired) electrons. The Kier molecular flexibility index (Phi) is 9.23. The van der Waals surface area contributed by atoms with Crippen molar-refractivity contribution < 1.29 is 14.6 Å². The summed E-state index contributed by atoms with van der Waals surface area (Å²) in [6, 6.07) is 8.13. The van der Waals surface area contributed by atoms with Gasteiger partial charge in [-0.3, -0.25) is 9.69 Å². The molecule has 2 aliphatic heterocycles. The van der Waals surface area contributed by atoms with Crippen molar-refractivity contribution in [3.8, 4) is 6.07 Å². The van der Waals surface area contributed by atoms with Crippen LogP contribution in [0.25, 0.3) is 0 Å². The van der Waals surface area contributed by atoms with Gasteiger partial charge in [0.2, 0.25) is 0 Å².